The molecule has 4 heterocycles. The van der Waals surface area contributed by atoms with Crippen LogP contribution >= 0.6 is 0 Å². The van der Waals surface area contributed by atoms with Gasteiger partial charge in [-0.2, -0.15) is 0 Å². The van der Waals surface area contributed by atoms with Crippen molar-refractivity contribution in [2.75, 3.05) is 31.5 Å². The normalized spacial score (nSPS) is 17.2. The first kappa shape index (κ1) is 23.5. The third kappa shape index (κ3) is 4.76. The highest BCUT2D eigenvalue weighted by molar-refractivity contribution is 5.84. The number of rotatable bonds is 6. The number of hydrogen-bond acceptors (Lipinski definition) is 7. The molecule has 3 aromatic heterocycles. The lowest BCUT2D eigenvalue weighted by Gasteiger charge is -2.38. The van der Waals surface area contributed by atoms with E-state index >= 15 is 4.39 Å². The van der Waals surface area contributed by atoms with Gasteiger partial charge >= 0.3 is 0 Å². The molecule has 190 valence electrons. The summed E-state index contributed by atoms with van der Waals surface area (Å²) >= 11 is 0. The minimum absolute atomic E-state index is 0.175. The molecule has 1 unspecified atom stereocenters. The Kier molecular flexibility index (Phi) is 6.03. The van der Waals surface area contributed by atoms with Gasteiger partial charge in [-0.05, 0) is 62.6 Å². The predicted octanol–water partition coefficient (Wildman–Crippen LogP) is 4.22. The van der Waals surface area contributed by atoms with Crippen molar-refractivity contribution in [2.45, 2.75) is 32.7 Å². The van der Waals surface area contributed by atoms with Gasteiger partial charge in [0.15, 0.2) is 5.82 Å². The van der Waals surface area contributed by atoms with E-state index in [4.69, 9.17) is 0 Å². The number of benzene rings is 1. The third-order valence-electron chi connectivity index (χ3n) is 7.29. The number of hydrogen-bond donors (Lipinski definition) is 2. The maximum absolute atomic E-state index is 15.3. The number of nitrogens with zero attached hydrogens (tertiary/aromatic N) is 6. The van der Waals surface area contributed by atoms with E-state index in [1.54, 1.807) is 24.4 Å². The monoisotopic (exact) mass is 500 g/mol. The highest BCUT2D eigenvalue weighted by Gasteiger charge is 2.35. The standard InChI is InChI=1S/C27H29FN8O/c1-16-13-22(31-15-30-16)20-5-6-21-25(24(20)28)34-27(32-21)33-23-14-19(7-8-29-23)17(2)35-9-11-36(12-10-35)26(37)18-3-4-18/h5-8,13-15,17-18H,3-4,9-12H2,1-2H3,(H2,29,32,33,34). The Hall–Kier alpha value is -3.92. The summed E-state index contributed by atoms with van der Waals surface area (Å²) in [6, 6.07) is 9.38. The van der Waals surface area contributed by atoms with Crippen LogP contribution in [0.2, 0.25) is 0 Å². The number of imidazole rings is 1. The maximum Gasteiger partial charge on any atom is 0.225 e. The van der Waals surface area contributed by atoms with Gasteiger partial charge in [0.25, 0.3) is 0 Å². The summed E-state index contributed by atoms with van der Waals surface area (Å²) in [7, 11) is 0. The molecule has 6 rings (SSSR count). The van der Waals surface area contributed by atoms with Gasteiger partial charge in [-0.3, -0.25) is 9.69 Å². The van der Waals surface area contributed by atoms with Crippen LogP contribution in [0.25, 0.3) is 22.3 Å². The maximum atomic E-state index is 15.3. The highest BCUT2D eigenvalue weighted by atomic mass is 19.1. The molecule has 0 spiro atoms. The first-order valence-corrected chi connectivity index (χ1v) is 12.7. The molecule has 1 saturated heterocycles. The summed E-state index contributed by atoms with van der Waals surface area (Å²) < 4.78 is 15.3. The van der Waals surface area contributed by atoms with E-state index in [0.717, 1.165) is 50.3 Å². The Balaban J connectivity index is 1.17. The zero-order valence-corrected chi connectivity index (χ0v) is 20.9. The van der Waals surface area contributed by atoms with Gasteiger partial charge in [0.1, 0.15) is 17.7 Å². The number of carbonyl (C=O) groups is 1. The van der Waals surface area contributed by atoms with E-state index in [2.05, 4.69) is 42.1 Å². The number of pyridine rings is 1. The molecule has 0 radical (unpaired) electrons. The largest absolute Gasteiger partial charge is 0.340 e. The Morgan fingerprint density at radius 2 is 1.92 bits per heavy atom. The average Bonchev–Trinajstić information content (AvgIpc) is 3.68. The lowest BCUT2D eigenvalue weighted by Crippen LogP contribution is -2.49. The lowest BCUT2D eigenvalue weighted by atomic mass is 10.1. The Labute approximate surface area is 214 Å². The number of H-pyrrole nitrogens is 1. The van der Waals surface area contributed by atoms with Crippen LogP contribution in [0.3, 0.4) is 0 Å². The van der Waals surface area contributed by atoms with E-state index in [1.165, 1.54) is 6.33 Å². The molecule has 2 aliphatic rings. The number of aromatic amines is 1. The van der Waals surface area contributed by atoms with Crippen LogP contribution < -0.4 is 5.32 Å². The van der Waals surface area contributed by atoms with Gasteiger partial charge in [0.2, 0.25) is 11.9 Å². The van der Waals surface area contributed by atoms with Gasteiger partial charge in [0, 0.05) is 55.6 Å². The van der Waals surface area contributed by atoms with Crippen LogP contribution in [-0.4, -0.2) is 66.8 Å². The number of amides is 1. The molecule has 4 aromatic rings. The smallest absolute Gasteiger partial charge is 0.225 e. The molecule has 0 bridgehead atoms. The van der Waals surface area contributed by atoms with E-state index < -0.39 is 5.82 Å². The lowest BCUT2D eigenvalue weighted by molar-refractivity contribution is -0.134. The van der Waals surface area contributed by atoms with Crippen LogP contribution in [0, 0.1) is 18.7 Å². The van der Waals surface area contributed by atoms with Crippen molar-refractivity contribution in [1.29, 1.82) is 0 Å². The molecule has 2 N–H and O–H groups in total. The van der Waals surface area contributed by atoms with E-state index in [-0.39, 0.29) is 12.0 Å². The SMILES string of the molecule is Cc1cc(-c2ccc3nc(Nc4cc(C(C)N5CCN(C(=O)C6CC6)CC5)ccn4)[nH]c3c2F)ncn1. The quantitative estimate of drug-likeness (QED) is 0.409. The fourth-order valence-corrected chi connectivity index (χ4v) is 4.93. The molecule has 1 saturated carbocycles. The van der Waals surface area contributed by atoms with Crippen LogP contribution in [0.15, 0.2) is 42.9 Å². The summed E-state index contributed by atoms with van der Waals surface area (Å²) in [6.07, 6.45) is 5.28. The van der Waals surface area contributed by atoms with Crippen molar-refractivity contribution in [3.05, 3.63) is 59.9 Å². The minimum Gasteiger partial charge on any atom is -0.340 e. The number of aromatic nitrogens is 5. The van der Waals surface area contributed by atoms with Crippen molar-refractivity contribution >= 4 is 28.7 Å². The molecular formula is C27H29FN8O. The summed E-state index contributed by atoms with van der Waals surface area (Å²) in [4.78, 5) is 37.1. The van der Waals surface area contributed by atoms with Crippen LogP contribution in [0.4, 0.5) is 16.2 Å². The van der Waals surface area contributed by atoms with Crippen molar-refractivity contribution in [1.82, 2.24) is 34.7 Å². The fourth-order valence-electron chi connectivity index (χ4n) is 4.93. The summed E-state index contributed by atoms with van der Waals surface area (Å²) in [6.45, 7) is 7.26. The van der Waals surface area contributed by atoms with Gasteiger partial charge in [-0.15, -0.1) is 0 Å². The molecule has 10 heteroatoms. The minimum atomic E-state index is -0.411. The first-order chi connectivity index (χ1) is 18.0. The van der Waals surface area contributed by atoms with Crippen LogP contribution in [0.5, 0.6) is 0 Å². The van der Waals surface area contributed by atoms with Crippen molar-refractivity contribution in [2.24, 2.45) is 5.92 Å². The van der Waals surface area contributed by atoms with Gasteiger partial charge in [-0.1, -0.05) is 0 Å². The number of halogens is 1. The second-order valence-corrected chi connectivity index (χ2v) is 9.86. The fraction of sp³-hybridized carbons (Fsp3) is 0.370. The van der Waals surface area contributed by atoms with Gasteiger partial charge in [-0.25, -0.2) is 24.3 Å². The van der Waals surface area contributed by atoms with Crippen molar-refractivity contribution in [3.8, 4) is 11.3 Å². The van der Waals surface area contributed by atoms with Gasteiger partial charge in [0.05, 0.1) is 11.2 Å². The van der Waals surface area contributed by atoms with Crippen LogP contribution in [0.1, 0.15) is 37.1 Å². The highest BCUT2D eigenvalue weighted by Crippen LogP contribution is 2.32. The second-order valence-electron chi connectivity index (χ2n) is 9.86. The molecular weight excluding hydrogens is 471 g/mol. The molecule has 37 heavy (non-hydrogen) atoms. The van der Waals surface area contributed by atoms with E-state index in [9.17, 15) is 4.79 Å². The second kappa shape index (κ2) is 9.51. The summed E-state index contributed by atoms with van der Waals surface area (Å²) in [5.74, 6) is 1.22. The molecule has 9 nitrogen and oxygen atoms in total. The number of aryl methyl sites for hydroxylation is 1. The molecule has 2 fully saturated rings. The number of nitrogens with one attached hydrogen (secondary N) is 2. The van der Waals surface area contributed by atoms with Crippen LogP contribution in [-0.2, 0) is 4.79 Å². The zero-order chi connectivity index (χ0) is 25.5. The van der Waals surface area contributed by atoms with Crippen molar-refractivity contribution < 1.29 is 9.18 Å². The number of anilines is 2. The van der Waals surface area contributed by atoms with E-state index in [1.807, 2.05) is 24.0 Å². The number of fused-ring (bicyclic) bond motifs is 1. The molecule has 1 aliphatic carbocycles. The number of piperazine rings is 1. The third-order valence-corrected chi connectivity index (χ3v) is 7.29. The Bertz CT molecular complexity index is 1460. The topological polar surface area (TPSA) is 103 Å². The molecule has 1 atom stereocenters. The molecule has 1 aliphatic heterocycles. The van der Waals surface area contributed by atoms with E-state index in [0.29, 0.717) is 40.0 Å². The number of carbonyl (C=O) groups excluding carboxylic acids is 1. The Morgan fingerprint density at radius 3 is 2.68 bits per heavy atom. The Morgan fingerprint density at radius 1 is 1.11 bits per heavy atom. The van der Waals surface area contributed by atoms with Gasteiger partial charge < -0.3 is 15.2 Å². The molecule has 1 amide bonds. The first-order valence-electron chi connectivity index (χ1n) is 12.7. The zero-order valence-electron chi connectivity index (χ0n) is 20.9. The van der Waals surface area contributed by atoms with Crippen molar-refractivity contribution in [3.63, 3.8) is 0 Å². The summed E-state index contributed by atoms with van der Waals surface area (Å²) in [5, 5.41) is 3.19. The molecule has 1 aromatic carbocycles. The average molecular weight is 501 g/mol. The predicted molar refractivity (Wildman–Crippen MR) is 139 cm³/mol. The summed E-state index contributed by atoms with van der Waals surface area (Å²) in [5.41, 5.74) is 3.61.